The van der Waals surface area contributed by atoms with Crippen LogP contribution >= 0.6 is 11.6 Å². The highest BCUT2D eigenvalue weighted by Gasteiger charge is 2.28. The molecule has 0 aliphatic carbocycles. The molecule has 0 bridgehead atoms. The lowest BCUT2D eigenvalue weighted by atomic mass is 9.98. The highest BCUT2D eigenvalue weighted by molar-refractivity contribution is 6.30. The average molecular weight is 313 g/mol. The van der Waals surface area contributed by atoms with Crippen LogP contribution in [0.15, 0.2) is 6.33 Å². The summed E-state index contributed by atoms with van der Waals surface area (Å²) in [6, 6.07) is 0. The summed E-state index contributed by atoms with van der Waals surface area (Å²) in [5, 5.41) is 2.18. The highest BCUT2D eigenvalue weighted by atomic mass is 35.5. The van der Waals surface area contributed by atoms with Crippen LogP contribution in [0.2, 0.25) is 5.15 Å². The Kier molecular flexibility index (Phi) is 4.68. The van der Waals surface area contributed by atoms with Gasteiger partial charge in [0.05, 0.1) is 18.5 Å². The Hall–Kier alpha value is -1.40. The van der Waals surface area contributed by atoms with Crippen molar-refractivity contribution in [3.63, 3.8) is 0 Å². The summed E-state index contributed by atoms with van der Waals surface area (Å²) in [6.45, 7) is 10.2. The molecule has 2 heterocycles. The molecule has 0 unspecified atom stereocenters. The first kappa shape index (κ1) is 16.0. The minimum absolute atomic E-state index is 0.211. The topological polar surface area (TPSA) is 58.6 Å². The van der Waals surface area contributed by atoms with Crippen LogP contribution in [-0.2, 0) is 9.63 Å². The van der Waals surface area contributed by atoms with E-state index in [0.717, 1.165) is 24.5 Å². The van der Waals surface area contributed by atoms with E-state index in [9.17, 15) is 4.79 Å². The molecule has 1 aliphatic rings. The number of nitrogens with zero attached hydrogens (tertiary/aromatic N) is 4. The van der Waals surface area contributed by atoms with Crippen LogP contribution in [0.3, 0.4) is 0 Å². The van der Waals surface area contributed by atoms with E-state index < -0.39 is 5.41 Å². The maximum Gasteiger partial charge on any atom is 0.330 e. The average Bonchev–Trinajstić information content (AvgIpc) is 2.42. The monoisotopic (exact) mass is 312 g/mol. The fraction of sp³-hybridized carbons (Fsp3) is 0.643. The Balaban J connectivity index is 1.95. The van der Waals surface area contributed by atoms with E-state index in [4.69, 9.17) is 16.4 Å². The third-order valence-corrected chi connectivity index (χ3v) is 3.74. The van der Waals surface area contributed by atoms with Crippen LogP contribution in [0, 0.1) is 12.3 Å². The van der Waals surface area contributed by atoms with E-state index >= 15 is 0 Å². The van der Waals surface area contributed by atoms with Crippen molar-refractivity contribution in [2.24, 2.45) is 5.41 Å². The summed E-state index contributed by atoms with van der Waals surface area (Å²) < 4.78 is 0. The number of hydrogen-bond donors (Lipinski definition) is 0. The number of piperazine rings is 1. The Morgan fingerprint density at radius 3 is 2.43 bits per heavy atom. The van der Waals surface area contributed by atoms with E-state index in [1.165, 1.54) is 6.33 Å². The molecule has 1 aromatic heterocycles. The molecule has 1 fully saturated rings. The summed E-state index contributed by atoms with van der Waals surface area (Å²) in [6.07, 6.45) is 1.47. The summed E-state index contributed by atoms with van der Waals surface area (Å²) in [7, 11) is 0. The van der Waals surface area contributed by atoms with Gasteiger partial charge in [0, 0.05) is 18.7 Å². The van der Waals surface area contributed by atoms with Gasteiger partial charge in [0.15, 0.2) is 0 Å². The standard InChI is InChI=1S/C14H21ClN4O2/c1-10-11(15)16-9-17-12(10)18-5-7-19(8-6-18)21-13(20)14(2,3)4/h9H,5-8H2,1-4H3. The lowest BCUT2D eigenvalue weighted by Crippen LogP contribution is -2.48. The van der Waals surface area contributed by atoms with E-state index in [1.54, 1.807) is 5.06 Å². The van der Waals surface area contributed by atoms with Gasteiger partial charge < -0.3 is 9.74 Å². The maximum absolute atomic E-state index is 11.9. The number of carbonyl (C=O) groups is 1. The molecule has 0 radical (unpaired) electrons. The normalized spacial score (nSPS) is 16.9. The SMILES string of the molecule is Cc1c(Cl)ncnc1N1CCN(OC(=O)C(C)(C)C)CC1. The molecule has 2 rings (SSSR count). The summed E-state index contributed by atoms with van der Waals surface area (Å²) in [5.41, 5.74) is 0.382. The fourth-order valence-electron chi connectivity index (χ4n) is 1.98. The van der Waals surface area contributed by atoms with E-state index in [-0.39, 0.29) is 5.97 Å². The van der Waals surface area contributed by atoms with Gasteiger partial charge >= 0.3 is 5.97 Å². The summed E-state index contributed by atoms with van der Waals surface area (Å²) >= 11 is 6.02. The van der Waals surface area contributed by atoms with Crippen LogP contribution in [0.25, 0.3) is 0 Å². The predicted octanol–water partition coefficient (Wildman–Crippen LogP) is 2.06. The number of halogens is 1. The minimum atomic E-state index is -0.492. The van der Waals surface area contributed by atoms with Crippen molar-refractivity contribution in [3.05, 3.63) is 17.0 Å². The number of rotatable bonds is 2. The molecule has 0 amide bonds. The number of anilines is 1. The number of hydroxylamine groups is 2. The zero-order valence-corrected chi connectivity index (χ0v) is 13.6. The van der Waals surface area contributed by atoms with Crippen LogP contribution in [0.1, 0.15) is 26.3 Å². The molecular weight excluding hydrogens is 292 g/mol. The van der Waals surface area contributed by atoms with Crippen molar-refractivity contribution in [2.45, 2.75) is 27.7 Å². The Morgan fingerprint density at radius 2 is 1.86 bits per heavy atom. The maximum atomic E-state index is 11.9. The Bertz CT molecular complexity index is 522. The molecule has 116 valence electrons. The van der Waals surface area contributed by atoms with Crippen molar-refractivity contribution in [1.82, 2.24) is 15.0 Å². The third kappa shape index (κ3) is 3.83. The van der Waals surface area contributed by atoms with Crippen molar-refractivity contribution in [3.8, 4) is 0 Å². The van der Waals surface area contributed by atoms with Gasteiger partial charge in [0.1, 0.15) is 17.3 Å². The van der Waals surface area contributed by atoms with Crippen LogP contribution in [0.5, 0.6) is 0 Å². The summed E-state index contributed by atoms with van der Waals surface area (Å²) in [5.74, 6) is 0.633. The zero-order chi connectivity index (χ0) is 15.6. The second-order valence-corrected chi connectivity index (χ2v) is 6.52. The smallest absolute Gasteiger partial charge is 0.330 e. The molecule has 0 aromatic carbocycles. The lowest BCUT2D eigenvalue weighted by Gasteiger charge is -2.35. The second kappa shape index (κ2) is 6.15. The van der Waals surface area contributed by atoms with E-state index in [0.29, 0.717) is 18.2 Å². The Labute approximate surface area is 130 Å². The van der Waals surface area contributed by atoms with Crippen LogP contribution in [-0.4, -0.2) is 47.2 Å². The molecule has 1 aromatic rings. The summed E-state index contributed by atoms with van der Waals surface area (Å²) in [4.78, 5) is 27.7. The zero-order valence-electron chi connectivity index (χ0n) is 12.9. The van der Waals surface area contributed by atoms with Gasteiger partial charge in [-0.15, -0.1) is 5.06 Å². The molecule has 7 heteroatoms. The second-order valence-electron chi connectivity index (χ2n) is 6.16. The van der Waals surface area contributed by atoms with Gasteiger partial charge in [0.2, 0.25) is 0 Å². The predicted molar refractivity (Wildman–Crippen MR) is 81.1 cm³/mol. The fourth-order valence-corrected chi connectivity index (χ4v) is 2.11. The molecule has 21 heavy (non-hydrogen) atoms. The molecule has 0 saturated carbocycles. The van der Waals surface area contributed by atoms with Gasteiger partial charge in [-0.05, 0) is 27.7 Å². The largest absolute Gasteiger partial charge is 0.367 e. The molecular formula is C14H21ClN4O2. The molecule has 0 N–H and O–H groups in total. The van der Waals surface area contributed by atoms with Crippen LogP contribution in [0.4, 0.5) is 5.82 Å². The van der Waals surface area contributed by atoms with Crippen molar-refractivity contribution in [2.75, 3.05) is 31.1 Å². The van der Waals surface area contributed by atoms with Gasteiger partial charge in [-0.1, -0.05) is 11.6 Å². The molecule has 6 nitrogen and oxygen atoms in total. The first-order chi connectivity index (χ1) is 9.79. The van der Waals surface area contributed by atoms with Gasteiger partial charge in [-0.25, -0.2) is 14.8 Å². The number of aromatic nitrogens is 2. The molecule has 1 saturated heterocycles. The molecule has 0 spiro atoms. The van der Waals surface area contributed by atoms with Crippen molar-refractivity contribution in [1.29, 1.82) is 0 Å². The van der Waals surface area contributed by atoms with Crippen molar-refractivity contribution >= 4 is 23.4 Å². The highest BCUT2D eigenvalue weighted by Crippen LogP contribution is 2.23. The van der Waals surface area contributed by atoms with Gasteiger partial charge in [-0.3, -0.25) is 0 Å². The Morgan fingerprint density at radius 1 is 1.24 bits per heavy atom. The first-order valence-corrected chi connectivity index (χ1v) is 7.36. The number of hydrogen-bond acceptors (Lipinski definition) is 6. The third-order valence-electron chi connectivity index (χ3n) is 3.36. The van der Waals surface area contributed by atoms with Crippen LogP contribution < -0.4 is 4.90 Å². The van der Waals surface area contributed by atoms with Gasteiger partial charge in [-0.2, -0.15) is 0 Å². The van der Waals surface area contributed by atoms with Gasteiger partial charge in [0.25, 0.3) is 0 Å². The minimum Gasteiger partial charge on any atom is -0.367 e. The van der Waals surface area contributed by atoms with E-state index in [1.807, 2.05) is 27.7 Å². The molecule has 0 atom stereocenters. The van der Waals surface area contributed by atoms with E-state index in [2.05, 4.69) is 14.9 Å². The lowest BCUT2D eigenvalue weighted by molar-refractivity contribution is -0.201. The quantitative estimate of drug-likeness (QED) is 0.779. The number of carbonyl (C=O) groups excluding carboxylic acids is 1. The van der Waals surface area contributed by atoms with Crippen molar-refractivity contribution < 1.29 is 9.63 Å². The molecule has 1 aliphatic heterocycles. The first-order valence-electron chi connectivity index (χ1n) is 6.98.